The molecule has 11 heteroatoms. The van der Waals surface area contributed by atoms with Gasteiger partial charge in [0.25, 0.3) is 0 Å². The number of carbonyl (C=O) groups is 2. The maximum Gasteiger partial charge on any atom is 0.417 e. The molecule has 1 aromatic carbocycles. The number of aliphatic hydroxyl groups is 1. The van der Waals surface area contributed by atoms with E-state index in [0.29, 0.717) is 30.8 Å². The second kappa shape index (κ2) is 10.0. The van der Waals surface area contributed by atoms with Crippen molar-refractivity contribution in [2.45, 2.75) is 43.5 Å². The maximum atomic E-state index is 13.0. The van der Waals surface area contributed by atoms with Crippen LogP contribution in [0.25, 0.3) is 0 Å². The van der Waals surface area contributed by atoms with Crippen LogP contribution in [0, 0.1) is 0 Å². The van der Waals surface area contributed by atoms with Gasteiger partial charge in [-0.15, -0.1) is 0 Å². The molecule has 0 unspecified atom stereocenters. The fourth-order valence-electron chi connectivity index (χ4n) is 4.34. The lowest BCUT2D eigenvalue weighted by Gasteiger charge is -2.40. The second-order valence-electron chi connectivity index (χ2n) is 8.71. The van der Waals surface area contributed by atoms with Crippen LogP contribution in [-0.2, 0) is 9.53 Å². The van der Waals surface area contributed by atoms with Crippen LogP contribution in [0.4, 0.5) is 29.3 Å². The molecule has 2 fully saturated rings. The van der Waals surface area contributed by atoms with Crippen molar-refractivity contribution < 1.29 is 32.6 Å². The highest BCUT2D eigenvalue weighted by atomic mass is 19.4. The van der Waals surface area contributed by atoms with Gasteiger partial charge in [-0.05, 0) is 55.3 Å². The Hall–Kier alpha value is -3.47. The Kier molecular flexibility index (Phi) is 7.06. The predicted molar refractivity (Wildman–Crippen MR) is 123 cm³/mol. The standard InChI is InChI=1S/C24H27F3N4O4/c25-24(26,27)23(34)10-13-30(14-11-23)18-5-7-19(8-6-18)31-12-1-4-20(21(31)32)29-22(33)28-17-3-2-15-35-16-9-17/h2-3,5-9,15-16,20,34H,1,4,10-14H2,(H2,28,29,33)/t20-/m1/s1. The first-order valence-corrected chi connectivity index (χ1v) is 11.4. The average molecular weight is 492 g/mol. The number of piperidine rings is 2. The van der Waals surface area contributed by atoms with Gasteiger partial charge in [0, 0.05) is 49.5 Å². The van der Waals surface area contributed by atoms with E-state index in [0.717, 1.165) is 5.69 Å². The molecule has 0 spiro atoms. The van der Waals surface area contributed by atoms with Gasteiger partial charge in [0.15, 0.2) is 5.60 Å². The van der Waals surface area contributed by atoms with Crippen molar-refractivity contribution in [2.24, 2.45) is 0 Å². The van der Waals surface area contributed by atoms with Crippen molar-refractivity contribution in [2.75, 3.05) is 29.4 Å². The van der Waals surface area contributed by atoms with Crippen molar-refractivity contribution >= 4 is 23.3 Å². The number of nitrogens with one attached hydrogen (secondary N) is 2. The van der Waals surface area contributed by atoms with Crippen LogP contribution in [0.5, 0.6) is 0 Å². The normalized spacial score (nSPS) is 22.2. The van der Waals surface area contributed by atoms with Crippen LogP contribution in [0.1, 0.15) is 25.7 Å². The molecule has 3 N–H and O–H groups in total. The minimum absolute atomic E-state index is 0.0760. The molecule has 0 radical (unpaired) electrons. The third kappa shape index (κ3) is 5.61. The van der Waals surface area contributed by atoms with Crippen LogP contribution in [0.15, 0.2) is 60.7 Å². The molecule has 3 aliphatic rings. The number of amides is 3. The zero-order valence-corrected chi connectivity index (χ0v) is 18.9. The van der Waals surface area contributed by atoms with Crippen LogP contribution in [0.2, 0.25) is 0 Å². The highest BCUT2D eigenvalue weighted by molar-refractivity contribution is 6.00. The van der Waals surface area contributed by atoms with Gasteiger partial charge >= 0.3 is 12.2 Å². The summed E-state index contributed by atoms with van der Waals surface area (Å²) in [5, 5.41) is 15.2. The topological polar surface area (TPSA) is 94.1 Å². The molecule has 35 heavy (non-hydrogen) atoms. The third-order valence-electron chi connectivity index (χ3n) is 6.41. The summed E-state index contributed by atoms with van der Waals surface area (Å²) in [6, 6.07) is 5.81. The summed E-state index contributed by atoms with van der Waals surface area (Å²) < 4.78 is 44.1. The molecule has 0 saturated carbocycles. The number of alkyl halides is 3. The molecule has 3 heterocycles. The van der Waals surface area contributed by atoms with Gasteiger partial charge in [-0.1, -0.05) is 0 Å². The minimum Gasteiger partial charge on any atom is -0.473 e. The largest absolute Gasteiger partial charge is 0.473 e. The number of halogens is 3. The van der Waals surface area contributed by atoms with E-state index >= 15 is 0 Å². The van der Waals surface area contributed by atoms with Crippen molar-refractivity contribution in [3.8, 4) is 0 Å². The van der Waals surface area contributed by atoms with Gasteiger partial charge in [0.2, 0.25) is 5.91 Å². The van der Waals surface area contributed by atoms with E-state index in [1.165, 1.54) is 12.5 Å². The summed E-state index contributed by atoms with van der Waals surface area (Å²) >= 11 is 0. The van der Waals surface area contributed by atoms with Crippen molar-refractivity contribution in [3.63, 3.8) is 0 Å². The molecule has 0 aliphatic carbocycles. The summed E-state index contributed by atoms with van der Waals surface area (Å²) in [6.07, 6.45) is 3.53. The summed E-state index contributed by atoms with van der Waals surface area (Å²) in [5.74, 6) is -0.235. The van der Waals surface area contributed by atoms with E-state index in [4.69, 9.17) is 4.74 Å². The zero-order chi connectivity index (χ0) is 25.1. The minimum atomic E-state index is -4.64. The molecule has 1 aromatic rings. The van der Waals surface area contributed by atoms with E-state index < -0.39 is 36.7 Å². The van der Waals surface area contributed by atoms with Crippen LogP contribution in [0.3, 0.4) is 0 Å². The van der Waals surface area contributed by atoms with Gasteiger partial charge in [0.1, 0.15) is 6.04 Å². The Bertz CT molecular complexity index is 1030. The lowest BCUT2D eigenvalue weighted by molar-refractivity contribution is -0.266. The molecule has 2 saturated heterocycles. The van der Waals surface area contributed by atoms with E-state index in [-0.39, 0.29) is 19.0 Å². The Morgan fingerprint density at radius 1 is 1.09 bits per heavy atom. The fourth-order valence-corrected chi connectivity index (χ4v) is 4.34. The van der Waals surface area contributed by atoms with Gasteiger partial charge in [-0.2, -0.15) is 13.2 Å². The molecule has 0 bridgehead atoms. The van der Waals surface area contributed by atoms with Crippen molar-refractivity contribution in [1.29, 1.82) is 0 Å². The van der Waals surface area contributed by atoms with Crippen LogP contribution < -0.4 is 20.4 Å². The molecular weight excluding hydrogens is 465 g/mol. The molecule has 3 amide bonds. The Labute approximate surface area is 200 Å². The summed E-state index contributed by atoms with van der Waals surface area (Å²) in [6.45, 7) is 0.648. The first kappa shape index (κ1) is 24.6. The smallest absolute Gasteiger partial charge is 0.417 e. The average Bonchev–Trinajstić information content (AvgIpc) is 3.09. The maximum absolute atomic E-state index is 13.0. The zero-order valence-electron chi connectivity index (χ0n) is 18.9. The lowest BCUT2D eigenvalue weighted by atomic mass is 9.90. The fraction of sp³-hybridized carbons (Fsp3) is 0.417. The SMILES string of the molecule is O=C(NC1=CC=COC=C1)N[C@@H]1CCCN(c2ccc(N3CCC(O)(C(F)(F)F)CC3)cc2)C1=O. The van der Waals surface area contributed by atoms with Crippen LogP contribution in [-0.4, -0.2) is 54.5 Å². The van der Waals surface area contributed by atoms with Crippen molar-refractivity contribution in [1.82, 2.24) is 10.6 Å². The quantitative estimate of drug-likeness (QED) is 0.600. The van der Waals surface area contributed by atoms with Crippen LogP contribution >= 0.6 is 0 Å². The first-order valence-electron chi connectivity index (χ1n) is 11.4. The molecule has 188 valence electrons. The van der Waals surface area contributed by atoms with E-state index in [1.807, 2.05) is 0 Å². The molecule has 1 atom stereocenters. The highest BCUT2D eigenvalue weighted by Gasteiger charge is 2.54. The molecule has 4 rings (SSSR count). The first-order chi connectivity index (χ1) is 16.7. The third-order valence-corrected chi connectivity index (χ3v) is 6.41. The monoisotopic (exact) mass is 492 g/mol. The number of anilines is 2. The van der Waals surface area contributed by atoms with Gasteiger partial charge in [0.05, 0.1) is 12.5 Å². The summed E-state index contributed by atoms with van der Waals surface area (Å²) in [4.78, 5) is 28.8. The number of carbonyl (C=O) groups excluding carboxylic acids is 2. The Morgan fingerprint density at radius 3 is 2.46 bits per heavy atom. The summed E-state index contributed by atoms with van der Waals surface area (Å²) in [5.41, 5.74) is -0.769. The number of rotatable bonds is 4. The number of benzene rings is 1. The van der Waals surface area contributed by atoms with Crippen molar-refractivity contribution in [3.05, 3.63) is 60.7 Å². The van der Waals surface area contributed by atoms with Gasteiger partial charge < -0.3 is 30.3 Å². The highest BCUT2D eigenvalue weighted by Crippen LogP contribution is 2.39. The molecule has 0 aromatic heterocycles. The number of ether oxygens (including phenoxy) is 1. The molecular formula is C24H27F3N4O4. The number of urea groups is 1. The molecule has 8 nitrogen and oxygen atoms in total. The lowest BCUT2D eigenvalue weighted by Crippen LogP contribution is -2.54. The Balaban J connectivity index is 1.35. The van der Waals surface area contributed by atoms with E-state index in [9.17, 15) is 27.9 Å². The van der Waals surface area contributed by atoms with E-state index in [2.05, 4.69) is 10.6 Å². The predicted octanol–water partition coefficient (Wildman–Crippen LogP) is 3.32. The van der Waals surface area contributed by atoms with Gasteiger partial charge in [-0.25, -0.2) is 4.79 Å². The van der Waals surface area contributed by atoms with Gasteiger partial charge in [-0.3, -0.25) is 4.79 Å². The number of allylic oxidation sites excluding steroid dienone is 3. The Morgan fingerprint density at radius 2 is 1.77 bits per heavy atom. The number of hydrogen-bond acceptors (Lipinski definition) is 5. The number of nitrogens with zero attached hydrogens (tertiary/aromatic N) is 2. The second-order valence-corrected chi connectivity index (χ2v) is 8.71. The molecule has 3 aliphatic heterocycles. The summed E-state index contributed by atoms with van der Waals surface area (Å²) in [7, 11) is 0. The number of hydrogen-bond donors (Lipinski definition) is 3. The van der Waals surface area contributed by atoms with E-state index in [1.54, 1.807) is 52.3 Å².